The number of pyridine rings is 1. The molecule has 1 aliphatic carbocycles. The lowest BCUT2D eigenvalue weighted by atomic mass is 9.92. The maximum atomic E-state index is 9.73. The van der Waals surface area contributed by atoms with Gasteiger partial charge in [-0.15, -0.1) is 0 Å². The maximum absolute atomic E-state index is 9.73. The van der Waals surface area contributed by atoms with Crippen molar-refractivity contribution in [2.24, 2.45) is 0 Å². The van der Waals surface area contributed by atoms with Crippen LogP contribution in [0.15, 0.2) is 16.7 Å². The third kappa shape index (κ3) is 1.58. The summed E-state index contributed by atoms with van der Waals surface area (Å²) in [6.07, 6.45) is 3.39. The molecule has 2 rings (SSSR count). The number of aliphatic hydroxyl groups is 1. The highest BCUT2D eigenvalue weighted by molar-refractivity contribution is 9.10. The minimum atomic E-state index is -0.336. The quantitative estimate of drug-likeness (QED) is 0.843. The van der Waals surface area contributed by atoms with E-state index in [4.69, 9.17) is 11.6 Å². The van der Waals surface area contributed by atoms with Gasteiger partial charge in [0.15, 0.2) is 0 Å². The average Bonchev–Trinajstić information content (AvgIpc) is 2.90. The first kappa shape index (κ1) is 10.4. The van der Waals surface area contributed by atoms with Crippen molar-refractivity contribution in [2.75, 3.05) is 0 Å². The molecule has 1 unspecified atom stereocenters. The number of aliphatic hydroxyl groups excluding tert-OH is 1. The lowest BCUT2D eigenvalue weighted by molar-refractivity contribution is 0.150. The average molecular weight is 277 g/mol. The molecule has 1 fully saturated rings. The zero-order valence-corrected chi connectivity index (χ0v) is 10.1. The lowest BCUT2D eigenvalue weighted by Crippen LogP contribution is -2.23. The minimum absolute atomic E-state index is 0.0919. The molecule has 1 saturated carbocycles. The summed E-state index contributed by atoms with van der Waals surface area (Å²) >= 11 is 9.28. The van der Waals surface area contributed by atoms with Gasteiger partial charge in [0.1, 0.15) is 5.15 Å². The lowest BCUT2D eigenvalue weighted by Gasteiger charge is -2.20. The SMILES string of the molecule is CC(O)C1(c2cc(Cl)ncc2Br)CC1. The first-order valence-corrected chi connectivity index (χ1v) is 5.73. The van der Waals surface area contributed by atoms with Gasteiger partial charge in [-0.1, -0.05) is 11.6 Å². The van der Waals surface area contributed by atoms with Gasteiger partial charge in [0, 0.05) is 16.1 Å². The molecule has 0 aromatic carbocycles. The molecule has 0 aliphatic heterocycles. The van der Waals surface area contributed by atoms with Crippen molar-refractivity contribution in [3.63, 3.8) is 0 Å². The summed E-state index contributed by atoms with van der Waals surface area (Å²) in [6.45, 7) is 1.83. The monoisotopic (exact) mass is 275 g/mol. The van der Waals surface area contributed by atoms with Crippen molar-refractivity contribution < 1.29 is 5.11 Å². The molecule has 0 spiro atoms. The van der Waals surface area contributed by atoms with Crippen LogP contribution in [0.4, 0.5) is 0 Å². The molecule has 0 bridgehead atoms. The van der Waals surface area contributed by atoms with Gasteiger partial charge in [-0.25, -0.2) is 4.98 Å². The van der Waals surface area contributed by atoms with Crippen LogP contribution in [-0.4, -0.2) is 16.2 Å². The van der Waals surface area contributed by atoms with Crippen LogP contribution >= 0.6 is 27.5 Å². The molecule has 4 heteroatoms. The standard InChI is InChI=1S/C10H11BrClNO/c1-6(14)10(2-3-10)7-4-9(12)13-5-8(7)11/h4-6,14H,2-3H2,1H3. The van der Waals surface area contributed by atoms with Crippen LogP contribution in [0.2, 0.25) is 5.15 Å². The Hall–Kier alpha value is -0.120. The Morgan fingerprint density at radius 3 is 2.79 bits per heavy atom. The second-order valence-electron chi connectivity index (χ2n) is 3.82. The Kier molecular flexibility index (Phi) is 2.58. The molecule has 1 aromatic heterocycles. The molecule has 1 aliphatic rings. The number of hydrogen-bond donors (Lipinski definition) is 1. The Labute approximate surface area is 96.4 Å². The zero-order valence-electron chi connectivity index (χ0n) is 7.80. The van der Waals surface area contributed by atoms with E-state index in [1.807, 2.05) is 13.0 Å². The number of nitrogens with zero attached hydrogens (tertiary/aromatic N) is 1. The van der Waals surface area contributed by atoms with Gasteiger partial charge in [-0.3, -0.25) is 0 Å². The zero-order chi connectivity index (χ0) is 10.3. The molecule has 76 valence electrons. The van der Waals surface area contributed by atoms with E-state index < -0.39 is 0 Å². The summed E-state index contributed by atoms with van der Waals surface area (Å²) in [5, 5.41) is 10.2. The normalized spacial score (nSPS) is 20.6. The molecule has 1 atom stereocenters. The summed E-state index contributed by atoms with van der Waals surface area (Å²) in [5.41, 5.74) is 0.985. The van der Waals surface area contributed by atoms with E-state index in [-0.39, 0.29) is 11.5 Å². The molecule has 0 radical (unpaired) electrons. The van der Waals surface area contributed by atoms with E-state index >= 15 is 0 Å². The van der Waals surface area contributed by atoms with Crippen LogP contribution < -0.4 is 0 Å². The van der Waals surface area contributed by atoms with Gasteiger partial charge in [0.05, 0.1) is 6.10 Å². The summed E-state index contributed by atoms with van der Waals surface area (Å²) in [6, 6.07) is 1.84. The molecular formula is C10H11BrClNO. The summed E-state index contributed by atoms with van der Waals surface area (Å²) in [4.78, 5) is 3.98. The predicted molar refractivity (Wildman–Crippen MR) is 59.5 cm³/mol. The molecule has 0 amide bonds. The largest absolute Gasteiger partial charge is 0.392 e. The number of aromatic nitrogens is 1. The smallest absolute Gasteiger partial charge is 0.129 e. The van der Waals surface area contributed by atoms with E-state index in [9.17, 15) is 5.11 Å². The van der Waals surface area contributed by atoms with Crippen molar-refractivity contribution >= 4 is 27.5 Å². The maximum Gasteiger partial charge on any atom is 0.129 e. The topological polar surface area (TPSA) is 33.1 Å². The van der Waals surface area contributed by atoms with Crippen LogP contribution in [0.3, 0.4) is 0 Å². The van der Waals surface area contributed by atoms with E-state index in [1.165, 1.54) is 0 Å². The van der Waals surface area contributed by atoms with Gasteiger partial charge in [-0.05, 0) is 47.3 Å². The Morgan fingerprint density at radius 2 is 2.29 bits per heavy atom. The molecule has 14 heavy (non-hydrogen) atoms. The molecule has 2 nitrogen and oxygen atoms in total. The van der Waals surface area contributed by atoms with Crippen LogP contribution in [0.25, 0.3) is 0 Å². The highest BCUT2D eigenvalue weighted by Gasteiger charge is 2.49. The predicted octanol–water partition coefficient (Wildman–Crippen LogP) is 2.91. The highest BCUT2D eigenvalue weighted by atomic mass is 79.9. The van der Waals surface area contributed by atoms with E-state index in [0.717, 1.165) is 22.9 Å². The van der Waals surface area contributed by atoms with Gasteiger partial charge in [-0.2, -0.15) is 0 Å². The van der Waals surface area contributed by atoms with E-state index in [2.05, 4.69) is 20.9 Å². The summed E-state index contributed by atoms with van der Waals surface area (Å²) < 4.78 is 0.931. The van der Waals surface area contributed by atoms with Crippen LogP contribution in [-0.2, 0) is 5.41 Å². The first-order chi connectivity index (χ1) is 6.56. The third-order valence-electron chi connectivity index (χ3n) is 2.95. The fraction of sp³-hybridized carbons (Fsp3) is 0.500. The number of hydrogen-bond acceptors (Lipinski definition) is 2. The van der Waals surface area contributed by atoms with Gasteiger partial charge >= 0.3 is 0 Å². The van der Waals surface area contributed by atoms with Crippen molar-refractivity contribution in [2.45, 2.75) is 31.3 Å². The minimum Gasteiger partial charge on any atom is -0.392 e. The van der Waals surface area contributed by atoms with Gasteiger partial charge in [0.25, 0.3) is 0 Å². The fourth-order valence-corrected chi connectivity index (χ4v) is 2.61. The van der Waals surface area contributed by atoms with Crippen molar-refractivity contribution in [3.8, 4) is 0 Å². The highest BCUT2D eigenvalue weighted by Crippen LogP contribution is 2.53. The van der Waals surface area contributed by atoms with E-state index in [1.54, 1.807) is 6.20 Å². The first-order valence-electron chi connectivity index (χ1n) is 4.56. The summed E-state index contributed by atoms with van der Waals surface area (Å²) in [5.74, 6) is 0. The number of halogens is 2. The Bertz CT molecular complexity index is 363. The Morgan fingerprint density at radius 1 is 1.64 bits per heavy atom. The van der Waals surface area contributed by atoms with Gasteiger partial charge in [0.2, 0.25) is 0 Å². The second-order valence-corrected chi connectivity index (χ2v) is 5.06. The summed E-state index contributed by atoms with van der Waals surface area (Å²) in [7, 11) is 0. The molecule has 1 aromatic rings. The number of rotatable bonds is 2. The van der Waals surface area contributed by atoms with Crippen molar-refractivity contribution in [1.29, 1.82) is 0 Å². The molecular weight excluding hydrogens is 265 g/mol. The molecule has 0 saturated heterocycles. The molecule has 1 N–H and O–H groups in total. The second kappa shape index (κ2) is 3.47. The van der Waals surface area contributed by atoms with Crippen LogP contribution in [0, 0.1) is 0 Å². The van der Waals surface area contributed by atoms with Crippen molar-refractivity contribution in [1.82, 2.24) is 4.98 Å². The van der Waals surface area contributed by atoms with E-state index in [0.29, 0.717) is 5.15 Å². The van der Waals surface area contributed by atoms with Gasteiger partial charge < -0.3 is 5.11 Å². The Balaban J connectivity index is 2.46. The van der Waals surface area contributed by atoms with Crippen molar-refractivity contribution in [3.05, 3.63) is 27.5 Å². The fourth-order valence-electron chi connectivity index (χ4n) is 1.84. The third-order valence-corrected chi connectivity index (χ3v) is 3.79. The molecule has 1 heterocycles. The van der Waals surface area contributed by atoms with Crippen LogP contribution in [0.5, 0.6) is 0 Å². The van der Waals surface area contributed by atoms with Crippen LogP contribution in [0.1, 0.15) is 25.3 Å².